The number of hydrazine groups is 1. The monoisotopic (exact) mass is 174 g/mol. The summed E-state index contributed by atoms with van der Waals surface area (Å²) in [7, 11) is 1.94. The van der Waals surface area contributed by atoms with Crippen molar-refractivity contribution in [1.29, 1.82) is 0 Å². The van der Waals surface area contributed by atoms with E-state index in [1.807, 2.05) is 7.05 Å². The van der Waals surface area contributed by atoms with Crippen molar-refractivity contribution >= 4 is 11.8 Å². The van der Waals surface area contributed by atoms with Crippen LogP contribution in [0.2, 0.25) is 0 Å². The highest BCUT2D eigenvalue weighted by Gasteiger charge is 2.35. The molecule has 0 radical (unpaired) electrons. The summed E-state index contributed by atoms with van der Waals surface area (Å²) < 4.78 is 0. The van der Waals surface area contributed by atoms with Crippen molar-refractivity contribution in [2.24, 2.45) is 5.92 Å². The first kappa shape index (κ1) is 9.36. The lowest BCUT2D eigenvalue weighted by atomic mass is 10.5. The summed E-state index contributed by atoms with van der Waals surface area (Å²) in [5, 5.41) is 0. The highest BCUT2D eigenvalue weighted by atomic mass is 32.2. The second-order valence-electron chi connectivity index (χ2n) is 3.07. The van der Waals surface area contributed by atoms with E-state index in [1.54, 1.807) is 0 Å². The van der Waals surface area contributed by atoms with E-state index in [4.69, 9.17) is 0 Å². The van der Waals surface area contributed by atoms with Crippen LogP contribution in [0.4, 0.5) is 0 Å². The Labute approximate surface area is 73.5 Å². The van der Waals surface area contributed by atoms with Gasteiger partial charge in [0.1, 0.15) is 0 Å². The van der Waals surface area contributed by atoms with Crippen LogP contribution >= 0.6 is 11.8 Å². The van der Waals surface area contributed by atoms with Gasteiger partial charge in [0, 0.05) is 6.04 Å². The van der Waals surface area contributed by atoms with E-state index in [-0.39, 0.29) is 0 Å². The third kappa shape index (κ3) is 3.45. The van der Waals surface area contributed by atoms with Crippen molar-refractivity contribution in [2.45, 2.75) is 25.8 Å². The maximum Gasteiger partial charge on any atom is 0.0253 e. The van der Waals surface area contributed by atoms with Gasteiger partial charge in [0.2, 0.25) is 0 Å². The molecule has 66 valence electrons. The lowest BCUT2D eigenvalue weighted by Gasteiger charge is -2.00. The van der Waals surface area contributed by atoms with Crippen LogP contribution in [0, 0.1) is 5.92 Å². The predicted molar refractivity (Wildman–Crippen MR) is 51.7 cm³/mol. The van der Waals surface area contributed by atoms with Gasteiger partial charge in [-0.15, -0.1) is 0 Å². The highest BCUT2D eigenvalue weighted by Crippen LogP contribution is 2.33. The number of thioether (sulfide) groups is 1. The first-order chi connectivity index (χ1) is 5.38. The maximum absolute atomic E-state index is 3.23. The van der Waals surface area contributed by atoms with Gasteiger partial charge in [-0.1, -0.05) is 6.92 Å². The molecule has 0 heterocycles. The molecule has 2 atom stereocenters. The fourth-order valence-corrected chi connectivity index (χ4v) is 2.30. The molecule has 0 aromatic rings. The number of rotatable bonds is 6. The predicted octanol–water partition coefficient (Wildman–Crippen LogP) is 1.24. The van der Waals surface area contributed by atoms with Crippen LogP contribution in [0.25, 0.3) is 0 Å². The van der Waals surface area contributed by atoms with Gasteiger partial charge >= 0.3 is 0 Å². The summed E-state index contributed by atoms with van der Waals surface area (Å²) in [5.74, 6) is 3.59. The SMILES string of the molecule is CCCSCC1CC1NNC. The molecule has 0 aliphatic heterocycles. The Morgan fingerprint density at radius 2 is 2.36 bits per heavy atom. The van der Waals surface area contributed by atoms with Crippen LogP contribution in [-0.2, 0) is 0 Å². The van der Waals surface area contributed by atoms with Gasteiger partial charge in [-0.25, -0.2) is 0 Å². The zero-order valence-corrected chi connectivity index (χ0v) is 8.21. The summed E-state index contributed by atoms with van der Waals surface area (Å²) in [6.45, 7) is 2.24. The van der Waals surface area contributed by atoms with Crippen molar-refractivity contribution in [3.05, 3.63) is 0 Å². The van der Waals surface area contributed by atoms with Crippen molar-refractivity contribution < 1.29 is 0 Å². The fraction of sp³-hybridized carbons (Fsp3) is 1.00. The molecular formula is C8H18N2S. The molecule has 0 saturated heterocycles. The summed E-state index contributed by atoms with van der Waals surface area (Å²) in [6.07, 6.45) is 2.67. The summed E-state index contributed by atoms with van der Waals surface area (Å²) in [6, 6.07) is 0.754. The molecule has 11 heavy (non-hydrogen) atoms. The van der Waals surface area contributed by atoms with Crippen LogP contribution in [0.5, 0.6) is 0 Å². The molecular weight excluding hydrogens is 156 g/mol. The second-order valence-corrected chi connectivity index (χ2v) is 4.22. The van der Waals surface area contributed by atoms with E-state index >= 15 is 0 Å². The third-order valence-electron chi connectivity index (χ3n) is 1.93. The first-order valence-corrected chi connectivity index (χ1v) is 5.54. The van der Waals surface area contributed by atoms with Gasteiger partial charge in [0.05, 0.1) is 0 Å². The van der Waals surface area contributed by atoms with E-state index in [9.17, 15) is 0 Å². The lowest BCUT2D eigenvalue weighted by Crippen LogP contribution is -2.30. The molecule has 0 spiro atoms. The number of hydrogen-bond donors (Lipinski definition) is 2. The van der Waals surface area contributed by atoms with Crippen LogP contribution in [0.1, 0.15) is 19.8 Å². The second kappa shape index (κ2) is 5.01. The van der Waals surface area contributed by atoms with E-state index in [1.165, 1.54) is 24.3 Å². The normalized spacial score (nSPS) is 28.9. The van der Waals surface area contributed by atoms with E-state index in [2.05, 4.69) is 29.5 Å². The number of hydrogen-bond acceptors (Lipinski definition) is 3. The molecule has 0 aromatic carbocycles. The Morgan fingerprint density at radius 3 is 3.00 bits per heavy atom. The molecule has 0 aromatic heterocycles. The maximum atomic E-state index is 3.23. The van der Waals surface area contributed by atoms with Crippen molar-refractivity contribution in [2.75, 3.05) is 18.6 Å². The Bertz CT molecular complexity index is 108. The molecule has 1 rings (SSSR count). The standard InChI is InChI=1S/C8H18N2S/c1-3-4-11-6-7-5-8(7)10-9-2/h7-10H,3-6H2,1-2H3. The molecule has 1 saturated carbocycles. The average molecular weight is 174 g/mol. The lowest BCUT2D eigenvalue weighted by molar-refractivity contribution is 0.571. The average Bonchev–Trinajstić information content (AvgIpc) is 2.70. The molecule has 1 fully saturated rings. The van der Waals surface area contributed by atoms with Crippen molar-refractivity contribution in [3.8, 4) is 0 Å². The quantitative estimate of drug-likeness (QED) is 0.468. The zero-order chi connectivity index (χ0) is 8.10. The Morgan fingerprint density at radius 1 is 1.55 bits per heavy atom. The van der Waals surface area contributed by atoms with Gasteiger partial charge < -0.3 is 0 Å². The summed E-state index contributed by atoms with van der Waals surface area (Å²) in [4.78, 5) is 0. The molecule has 2 N–H and O–H groups in total. The molecule has 1 aliphatic carbocycles. The molecule has 3 heteroatoms. The van der Waals surface area contributed by atoms with E-state index < -0.39 is 0 Å². The molecule has 0 amide bonds. The fourth-order valence-electron chi connectivity index (χ4n) is 1.17. The summed E-state index contributed by atoms with van der Waals surface area (Å²) in [5.41, 5.74) is 6.22. The van der Waals surface area contributed by atoms with Crippen LogP contribution in [0.3, 0.4) is 0 Å². The van der Waals surface area contributed by atoms with Crippen LogP contribution < -0.4 is 10.9 Å². The van der Waals surface area contributed by atoms with Crippen LogP contribution in [-0.4, -0.2) is 24.6 Å². The Balaban J connectivity index is 1.87. The largest absolute Gasteiger partial charge is 0.261 e. The highest BCUT2D eigenvalue weighted by molar-refractivity contribution is 7.99. The van der Waals surface area contributed by atoms with Gasteiger partial charge in [0.15, 0.2) is 0 Å². The third-order valence-corrected chi connectivity index (χ3v) is 3.29. The minimum Gasteiger partial charge on any atom is -0.261 e. The van der Waals surface area contributed by atoms with E-state index in [0.717, 1.165) is 12.0 Å². The zero-order valence-electron chi connectivity index (χ0n) is 7.39. The van der Waals surface area contributed by atoms with Gasteiger partial charge in [0.25, 0.3) is 0 Å². The first-order valence-electron chi connectivity index (χ1n) is 4.38. The van der Waals surface area contributed by atoms with E-state index in [0.29, 0.717) is 0 Å². The molecule has 2 nitrogen and oxygen atoms in total. The van der Waals surface area contributed by atoms with Crippen molar-refractivity contribution in [1.82, 2.24) is 10.9 Å². The van der Waals surface area contributed by atoms with Gasteiger partial charge in [-0.3, -0.25) is 10.9 Å². The topological polar surface area (TPSA) is 24.1 Å². The Hall–Kier alpha value is 0.270. The molecule has 2 unspecified atom stereocenters. The number of nitrogens with one attached hydrogen (secondary N) is 2. The minimum absolute atomic E-state index is 0.754. The molecule has 0 bridgehead atoms. The summed E-state index contributed by atoms with van der Waals surface area (Å²) >= 11 is 2.09. The van der Waals surface area contributed by atoms with Gasteiger partial charge in [-0.05, 0) is 37.3 Å². The van der Waals surface area contributed by atoms with Crippen molar-refractivity contribution in [3.63, 3.8) is 0 Å². The smallest absolute Gasteiger partial charge is 0.0253 e. The van der Waals surface area contributed by atoms with Gasteiger partial charge in [-0.2, -0.15) is 11.8 Å². The molecule has 1 aliphatic rings. The minimum atomic E-state index is 0.754. The van der Waals surface area contributed by atoms with Crippen LogP contribution in [0.15, 0.2) is 0 Å². The Kier molecular flexibility index (Phi) is 4.26.